The molecule has 194 valence electrons. The summed E-state index contributed by atoms with van der Waals surface area (Å²) >= 11 is 2.34. The van der Waals surface area contributed by atoms with Crippen molar-refractivity contribution in [2.45, 2.75) is 101 Å². The lowest BCUT2D eigenvalue weighted by Crippen LogP contribution is -2.46. The van der Waals surface area contributed by atoms with Gasteiger partial charge < -0.3 is 4.43 Å². The molecule has 0 heterocycles. The number of halogens is 1. The van der Waals surface area contributed by atoms with E-state index in [-0.39, 0.29) is 22.0 Å². The van der Waals surface area contributed by atoms with Gasteiger partial charge in [-0.3, -0.25) is 4.55 Å². The second kappa shape index (κ2) is 11.3. The van der Waals surface area contributed by atoms with E-state index in [1.165, 1.54) is 19.3 Å². The van der Waals surface area contributed by atoms with E-state index in [1.807, 2.05) is 25.1 Å². The van der Waals surface area contributed by atoms with Crippen LogP contribution in [0.15, 0.2) is 47.4 Å². The van der Waals surface area contributed by atoms with Gasteiger partial charge in [-0.05, 0) is 96.1 Å². The van der Waals surface area contributed by atoms with Crippen molar-refractivity contribution in [1.82, 2.24) is 0 Å². The molecule has 3 rings (SSSR count). The van der Waals surface area contributed by atoms with Gasteiger partial charge in [0.2, 0.25) is 0 Å². The first-order valence-corrected chi connectivity index (χ1v) is 18.1. The van der Waals surface area contributed by atoms with Crippen molar-refractivity contribution in [1.29, 1.82) is 0 Å². The Morgan fingerprint density at radius 2 is 1.69 bits per heavy atom. The molecule has 1 N–H and O–H groups in total. The van der Waals surface area contributed by atoms with Crippen molar-refractivity contribution < 1.29 is 17.4 Å². The highest BCUT2D eigenvalue weighted by Crippen LogP contribution is 2.44. The molecule has 2 aromatic carbocycles. The molecule has 2 aromatic rings. The van der Waals surface area contributed by atoms with Gasteiger partial charge in [0.1, 0.15) is 0 Å². The first-order valence-electron chi connectivity index (χ1n) is 12.7. The SMILES string of the molecule is Cc1ccc(S(=O)(=O)O)c([C@@H](C[C@@H](O[Si](C)(C)C(C)(C)C)C2CCCCC2)c2ccccc2I)c1. The van der Waals surface area contributed by atoms with Gasteiger partial charge in [-0.15, -0.1) is 0 Å². The summed E-state index contributed by atoms with van der Waals surface area (Å²) in [6, 6.07) is 13.4. The monoisotopic (exact) mass is 628 g/mol. The van der Waals surface area contributed by atoms with Crippen LogP contribution in [0.2, 0.25) is 18.1 Å². The van der Waals surface area contributed by atoms with Gasteiger partial charge in [0, 0.05) is 15.6 Å². The Hall–Kier alpha value is -0.743. The van der Waals surface area contributed by atoms with Crippen LogP contribution >= 0.6 is 22.6 Å². The minimum Gasteiger partial charge on any atom is -0.414 e. The number of hydrogen-bond acceptors (Lipinski definition) is 3. The van der Waals surface area contributed by atoms with Crippen LogP contribution in [0.1, 0.15) is 81.9 Å². The Morgan fingerprint density at radius 1 is 1.06 bits per heavy atom. The molecule has 4 nitrogen and oxygen atoms in total. The zero-order valence-electron chi connectivity index (χ0n) is 22.0. The number of rotatable bonds is 8. The predicted octanol–water partition coefficient (Wildman–Crippen LogP) is 8.34. The van der Waals surface area contributed by atoms with Gasteiger partial charge >= 0.3 is 0 Å². The average molecular weight is 629 g/mol. The van der Waals surface area contributed by atoms with Gasteiger partial charge in [-0.2, -0.15) is 8.42 Å². The maximum Gasteiger partial charge on any atom is 0.294 e. The molecule has 1 fully saturated rings. The lowest BCUT2D eigenvalue weighted by molar-refractivity contribution is 0.0822. The van der Waals surface area contributed by atoms with E-state index in [2.05, 4.69) is 68.6 Å². The average Bonchev–Trinajstić information content (AvgIpc) is 2.76. The fraction of sp³-hybridized carbons (Fsp3) is 0.571. The molecule has 35 heavy (non-hydrogen) atoms. The van der Waals surface area contributed by atoms with E-state index >= 15 is 0 Å². The van der Waals surface area contributed by atoms with E-state index in [0.717, 1.165) is 27.5 Å². The summed E-state index contributed by atoms with van der Waals surface area (Å²) < 4.78 is 43.3. The zero-order valence-corrected chi connectivity index (χ0v) is 25.9. The third-order valence-electron chi connectivity index (χ3n) is 8.00. The number of benzene rings is 2. The second-order valence-electron chi connectivity index (χ2n) is 11.6. The summed E-state index contributed by atoms with van der Waals surface area (Å²) in [5, 5.41) is 0.0829. The molecule has 0 aromatic heterocycles. The second-order valence-corrected chi connectivity index (χ2v) is 18.9. The minimum atomic E-state index is -4.37. The van der Waals surface area contributed by atoms with Gasteiger partial charge in [0.15, 0.2) is 8.32 Å². The molecule has 1 saturated carbocycles. The van der Waals surface area contributed by atoms with Crippen molar-refractivity contribution in [3.05, 3.63) is 62.7 Å². The van der Waals surface area contributed by atoms with Crippen molar-refractivity contribution in [3.63, 3.8) is 0 Å². The fourth-order valence-corrected chi connectivity index (χ4v) is 7.89. The van der Waals surface area contributed by atoms with Crippen LogP contribution in [0.3, 0.4) is 0 Å². The Morgan fingerprint density at radius 3 is 2.26 bits per heavy atom. The molecule has 0 spiro atoms. The van der Waals surface area contributed by atoms with Crippen molar-refractivity contribution in [2.75, 3.05) is 0 Å². The summed E-state index contributed by atoms with van der Waals surface area (Å²) in [5.74, 6) is 0.261. The van der Waals surface area contributed by atoms with Crippen LogP contribution in [-0.2, 0) is 14.5 Å². The van der Waals surface area contributed by atoms with Crippen molar-refractivity contribution in [2.24, 2.45) is 5.92 Å². The van der Waals surface area contributed by atoms with Crippen LogP contribution in [0.4, 0.5) is 0 Å². The van der Waals surface area contributed by atoms with Gasteiger partial charge in [0.25, 0.3) is 10.1 Å². The fourth-order valence-electron chi connectivity index (χ4n) is 4.98. The number of hydrogen-bond donors (Lipinski definition) is 1. The quantitative estimate of drug-likeness (QED) is 0.181. The maximum absolute atomic E-state index is 12.5. The molecular weight excluding hydrogens is 587 g/mol. The van der Waals surface area contributed by atoms with E-state index in [4.69, 9.17) is 4.43 Å². The van der Waals surface area contributed by atoms with Crippen LogP contribution < -0.4 is 0 Å². The molecule has 1 aliphatic carbocycles. The topological polar surface area (TPSA) is 63.6 Å². The first-order chi connectivity index (χ1) is 16.2. The molecule has 0 saturated heterocycles. The standard InChI is InChI=1S/C28H41IO4SSi/c1-20-16-17-27(34(30,31)32)24(18-20)23(22-14-10-11-15-25(22)29)19-26(21-12-8-7-9-13-21)33-35(5,6)28(2,3)4/h10-11,14-18,21,23,26H,7-9,12-13,19H2,1-6H3,(H,30,31,32)/t23-,26+/m0/s1. The Kier molecular flexibility index (Phi) is 9.33. The van der Waals surface area contributed by atoms with Crippen LogP contribution in [0.5, 0.6) is 0 Å². The van der Waals surface area contributed by atoms with Gasteiger partial charge in [0.05, 0.1) is 4.90 Å². The predicted molar refractivity (Wildman–Crippen MR) is 155 cm³/mol. The Bertz CT molecular complexity index is 1120. The highest BCUT2D eigenvalue weighted by molar-refractivity contribution is 14.1. The van der Waals surface area contributed by atoms with E-state index in [0.29, 0.717) is 17.9 Å². The molecular formula is C28H41IO4SSi. The molecule has 0 amide bonds. The first kappa shape index (κ1) is 28.8. The number of aryl methyl sites for hydroxylation is 1. The summed E-state index contributed by atoms with van der Waals surface area (Å²) in [6.45, 7) is 13.4. The van der Waals surface area contributed by atoms with E-state index < -0.39 is 18.4 Å². The molecule has 0 bridgehead atoms. The van der Waals surface area contributed by atoms with Crippen LogP contribution in [-0.4, -0.2) is 27.4 Å². The minimum absolute atomic E-state index is 0.00229. The highest BCUT2D eigenvalue weighted by Gasteiger charge is 2.42. The lowest BCUT2D eigenvalue weighted by Gasteiger charge is -2.43. The van der Waals surface area contributed by atoms with Gasteiger partial charge in [-0.25, -0.2) is 0 Å². The largest absolute Gasteiger partial charge is 0.414 e. The zero-order chi connectivity index (χ0) is 26.0. The van der Waals surface area contributed by atoms with Crippen molar-refractivity contribution in [3.8, 4) is 0 Å². The summed E-state index contributed by atoms with van der Waals surface area (Å²) in [7, 11) is -6.43. The summed E-state index contributed by atoms with van der Waals surface area (Å²) in [6.07, 6.45) is 6.74. The molecule has 2 atom stereocenters. The molecule has 1 aliphatic rings. The molecule has 0 radical (unpaired) electrons. The highest BCUT2D eigenvalue weighted by atomic mass is 127. The van der Waals surface area contributed by atoms with Crippen LogP contribution in [0, 0.1) is 16.4 Å². The Labute approximate surface area is 227 Å². The van der Waals surface area contributed by atoms with Gasteiger partial charge in [-0.1, -0.05) is 75.9 Å². The molecule has 7 heteroatoms. The van der Waals surface area contributed by atoms with Crippen LogP contribution in [0.25, 0.3) is 0 Å². The summed E-state index contributed by atoms with van der Waals surface area (Å²) in [5.41, 5.74) is 2.72. The third-order valence-corrected chi connectivity index (χ3v) is 14.4. The molecule has 0 unspecified atom stereocenters. The van der Waals surface area contributed by atoms with E-state index in [1.54, 1.807) is 12.1 Å². The smallest absolute Gasteiger partial charge is 0.294 e. The third kappa shape index (κ3) is 7.18. The summed E-state index contributed by atoms with van der Waals surface area (Å²) in [4.78, 5) is 0.00229. The lowest BCUT2D eigenvalue weighted by atomic mass is 9.78. The van der Waals surface area contributed by atoms with Crippen molar-refractivity contribution >= 4 is 41.0 Å². The molecule has 0 aliphatic heterocycles. The Balaban J connectivity index is 2.16. The maximum atomic E-state index is 12.5. The normalized spacial score (nSPS) is 17.8. The van der Waals surface area contributed by atoms with E-state index in [9.17, 15) is 13.0 Å².